The number of hydrogen-bond donors (Lipinski definition) is 0. The molecule has 3 rings (SSSR count). The molecule has 0 radical (unpaired) electrons. The Hall–Kier alpha value is -1.01. The number of nitrogens with zero attached hydrogens (tertiary/aromatic N) is 2. The smallest absolute Gasteiger partial charge is 0.233 e. The molecule has 2 heterocycles. The molecule has 0 aliphatic carbocycles. The molecule has 0 spiro atoms. The van der Waals surface area contributed by atoms with Gasteiger partial charge in [-0.25, -0.2) is 0 Å². The number of thioether (sulfide) groups is 1. The van der Waals surface area contributed by atoms with Gasteiger partial charge in [-0.05, 0) is 35.7 Å². The van der Waals surface area contributed by atoms with E-state index >= 15 is 0 Å². The summed E-state index contributed by atoms with van der Waals surface area (Å²) in [5.41, 5.74) is 0. The Kier molecular flexibility index (Phi) is 6.00. The quantitative estimate of drug-likeness (QED) is 0.751. The van der Waals surface area contributed by atoms with E-state index in [0.29, 0.717) is 5.75 Å². The number of hydrogen-bond acceptors (Lipinski definition) is 4. The number of amides is 1. The minimum Gasteiger partial charge on any atom is -0.339 e. The van der Waals surface area contributed by atoms with E-state index in [9.17, 15) is 4.79 Å². The molecule has 0 bridgehead atoms. The second-order valence-electron chi connectivity index (χ2n) is 5.48. The van der Waals surface area contributed by atoms with Gasteiger partial charge < -0.3 is 4.90 Å². The first-order valence-electron chi connectivity index (χ1n) is 7.61. The van der Waals surface area contributed by atoms with Gasteiger partial charge in [0.2, 0.25) is 5.91 Å². The average Bonchev–Trinajstić information content (AvgIpc) is 3.08. The Morgan fingerprint density at radius 1 is 1.13 bits per heavy atom. The van der Waals surface area contributed by atoms with Crippen LogP contribution in [0, 0.1) is 0 Å². The van der Waals surface area contributed by atoms with E-state index in [4.69, 9.17) is 11.6 Å². The number of carbonyl (C=O) groups excluding carboxylic acids is 1. The summed E-state index contributed by atoms with van der Waals surface area (Å²) in [4.78, 5) is 19.2. The van der Waals surface area contributed by atoms with Crippen molar-refractivity contribution in [2.24, 2.45) is 0 Å². The zero-order valence-electron chi connectivity index (χ0n) is 12.8. The second kappa shape index (κ2) is 8.20. The molecule has 1 fully saturated rings. The lowest BCUT2D eigenvalue weighted by molar-refractivity contribution is -0.130. The Balaban J connectivity index is 1.42. The summed E-state index contributed by atoms with van der Waals surface area (Å²) in [5.74, 6) is 0.716. The van der Waals surface area contributed by atoms with Gasteiger partial charge in [-0.15, -0.1) is 23.1 Å². The van der Waals surface area contributed by atoms with Crippen molar-refractivity contribution in [3.8, 4) is 0 Å². The monoisotopic (exact) mass is 366 g/mol. The highest BCUT2D eigenvalue weighted by Crippen LogP contribution is 2.21. The molecule has 1 aliphatic rings. The molecule has 0 saturated carbocycles. The number of thiophene rings is 1. The molecular formula is C17H19ClN2OS2. The lowest BCUT2D eigenvalue weighted by atomic mass is 10.3. The topological polar surface area (TPSA) is 23.6 Å². The summed E-state index contributed by atoms with van der Waals surface area (Å²) in [6, 6.07) is 11.9. The van der Waals surface area contributed by atoms with Crippen molar-refractivity contribution in [2.45, 2.75) is 11.4 Å². The summed E-state index contributed by atoms with van der Waals surface area (Å²) in [6.07, 6.45) is 0. The van der Waals surface area contributed by atoms with Crippen LogP contribution in [-0.4, -0.2) is 47.6 Å². The Bertz CT molecular complexity index is 623. The molecule has 1 amide bonds. The van der Waals surface area contributed by atoms with Crippen molar-refractivity contribution >= 4 is 40.6 Å². The minimum absolute atomic E-state index is 0.223. The molecule has 0 unspecified atom stereocenters. The first kappa shape index (κ1) is 16.8. The highest BCUT2D eigenvalue weighted by Gasteiger charge is 2.21. The zero-order valence-corrected chi connectivity index (χ0v) is 15.2. The van der Waals surface area contributed by atoms with Crippen molar-refractivity contribution in [1.29, 1.82) is 0 Å². The molecule has 1 aromatic carbocycles. The van der Waals surface area contributed by atoms with Crippen molar-refractivity contribution in [3.63, 3.8) is 0 Å². The number of benzene rings is 1. The molecule has 122 valence electrons. The molecular weight excluding hydrogens is 348 g/mol. The third-order valence-corrected chi connectivity index (χ3v) is 5.97. The average molecular weight is 367 g/mol. The number of carbonyl (C=O) groups is 1. The summed E-state index contributed by atoms with van der Waals surface area (Å²) in [5, 5.41) is 2.84. The van der Waals surface area contributed by atoms with Gasteiger partial charge in [-0.3, -0.25) is 9.69 Å². The van der Waals surface area contributed by atoms with E-state index in [2.05, 4.69) is 22.4 Å². The maximum absolute atomic E-state index is 12.3. The summed E-state index contributed by atoms with van der Waals surface area (Å²) in [7, 11) is 0. The Morgan fingerprint density at radius 3 is 2.52 bits per heavy atom. The largest absolute Gasteiger partial charge is 0.339 e. The molecule has 3 nitrogen and oxygen atoms in total. The van der Waals surface area contributed by atoms with Gasteiger partial charge >= 0.3 is 0 Å². The van der Waals surface area contributed by atoms with Crippen LogP contribution in [0.2, 0.25) is 5.02 Å². The van der Waals surface area contributed by atoms with Crippen LogP contribution in [0.1, 0.15) is 4.88 Å². The lowest BCUT2D eigenvalue weighted by Gasteiger charge is -2.34. The fraction of sp³-hybridized carbons (Fsp3) is 0.353. The molecule has 6 heteroatoms. The molecule has 23 heavy (non-hydrogen) atoms. The first-order chi connectivity index (χ1) is 11.2. The number of piperazine rings is 1. The number of halogens is 1. The maximum Gasteiger partial charge on any atom is 0.233 e. The molecule has 0 atom stereocenters. The highest BCUT2D eigenvalue weighted by molar-refractivity contribution is 8.00. The zero-order chi connectivity index (χ0) is 16.1. The van der Waals surface area contributed by atoms with Crippen LogP contribution in [0.15, 0.2) is 46.7 Å². The second-order valence-corrected chi connectivity index (χ2v) is 8.00. The molecule has 2 aromatic rings. The first-order valence-corrected chi connectivity index (χ1v) is 9.86. The van der Waals surface area contributed by atoms with Crippen LogP contribution < -0.4 is 0 Å². The molecule has 1 aliphatic heterocycles. The fourth-order valence-corrected chi connectivity index (χ4v) is 4.22. The maximum atomic E-state index is 12.3. The van der Waals surface area contributed by atoms with E-state index in [1.807, 2.05) is 29.2 Å². The van der Waals surface area contributed by atoms with Crippen molar-refractivity contribution in [3.05, 3.63) is 51.7 Å². The van der Waals surface area contributed by atoms with Gasteiger partial charge in [0.05, 0.1) is 5.75 Å². The van der Waals surface area contributed by atoms with E-state index in [-0.39, 0.29) is 5.91 Å². The van der Waals surface area contributed by atoms with Crippen LogP contribution in [-0.2, 0) is 11.3 Å². The van der Waals surface area contributed by atoms with Crippen molar-refractivity contribution in [1.82, 2.24) is 9.80 Å². The summed E-state index contributed by atoms with van der Waals surface area (Å²) >= 11 is 9.24. The van der Waals surface area contributed by atoms with Gasteiger partial charge in [-0.1, -0.05) is 17.7 Å². The Morgan fingerprint density at radius 2 is 1.87 bits per heavy atom. The standard InChI is InChI=1S/C17H19ClN2OS2/c18-14-3-5-15(6-4-14)23-13-17(21)20-9-7-19(8-10-20)12-16-2-1-11-22-16/h1-6,11H,7-10,12-13H2. The van der Waals surface area contributed by atoms with E-state index in [1.54, 1.807) is 23.1 Å². The predicted octanol–water partition coefficient (Wildman–Crippen LogP) is 3.84. The van der Waals surface area contributed by atoms with Gasteiger partial charge in [0, 0.05) is 47.5 Å². The van der Waals surface area contributed by atoms with E-state index in [1.165, 1.54) is 4.88 Å². The van der Waals surface area contributed by atoms with E-state index in [0.717, 1.165) is 42.6 Å². The normalized spacial score (nSPS) is 15.8. The van der Waals surface area contributed by atoms with Crippen LogP contribution in [0.3, 0.4) is 0 Å². The van der Waals surface area contributed by atoms with Crippen molar-refractivity contribution < 1.29 is 4.79 Å². The molecule has 0 N–H and O–H groups in total. The Labute approximate surface area is 150 Å². The minimum atomic E-state index is 0.223. The van der Waals surface area contributed by atoms with E-state index < -0.39 is 0 Å². The number of rotatable bonds is 5. The SMILES string of the molecule is O=C(CSc1ccc(Cl)cc1)N1CCN(Cc2cccs2)CC1. The highest BCUT2D eigenvalue weighted by atomic mass is 35.5. The van der Waals surface area contributed by atoms with Crippen LogP contribution in [0.25, 0.3) is 0 Å². The van der Waals surface area contributed by atoms with Gasteiger partial charge in [0.15, 0.2) is 0 Å². The molecule has 1 aromatic heterocycles. The summed E-state index contributed by atoms with van der Waals surface area (Å²) < 4.78 is 0. The fourth-order valence-electron chi connectivity index (χ4n) is 2.55. The third kappa shape index (κ3) is 4.98. The lowest BCUT2D eigenvalue weighted by Crippen LogP contribution is -2.48. The van der Waals surface area contributed by atoms with Crippen LogP contribution in [0.5, 0.6) is 0 Å². The summed E-state index contributed by atoms with van der Waals surface area (Å²) in [6.45, 7) is 4.56. The van der Waals surface area contributed by atoms with Gasteiger partial charge in [-0.2, -0.15) is 0 Å². The van der Waals surface area contributed by atoms with Crippen molar-refractivity contribution in [2.75, 3.05) is 31.9 Å². The van der Waals surface area contributed by atoms with Gasteiger partial charge in [0.1, 0.15) is 0 Å². The van der Waals surface area contributed by atoms with Crippen LogP contribution >= 0.6 is 34.7 Å². The molecule has 1 saturated heterocycles. The van der Waals surface area contributed by atoms with Gasteiger partial charge in [0.25, 0.3) is 0 Å². The predicted molar refractivity (Wildman–Crippen MR) is 98.4 cm³/mol. The third-order valence-electron chi connectivity index (χ3n) is 3.86. The van der Waals surface area contributed by atoms with Crippen LogP contribution in [0.4, 0.5) is 0 Å².